The van der Waals surface area contributed by atoms with E-state index in [4.69, 9.17) is 28.9 Å². The second-order valence-corrected chi connectivity index (χ2v) is 17.9. The average Bonchev–Trinajstić information content (AvgIpc) is 3.31. The van der Waals surface area contributed by atoms with E-state index in [-0.39, 0.29) is 50.6 Å². The Balaban J connectivity index is 1.59. The molecule has 1 heterocycles. The highest BCUT2D eigenvalue weighted by Crippen LogP contribution is 2.62. The Bertz CT molecular complexity index is 1800. The molecule has 1 fully saturated rings. The van der Waals surface area contributed by atoms with Crippen molar-refractivity contribution in [3.63, 3.8) is 0 Å². The fraction of sp³-hybridized carbons (Fsp3) is 0.642. The number of hydrogen-bond acceptors (Lipinski definition) is 10. The number of ether oxygens (including phenoxy) is 4. The van der Waals surface area contributed by atoms with Gasteiger partial charge in [0.2, 0.25) is 5.79 Å². The van der Waals surface area contributed by atoms with Gasteiger partial charge in [0.05, 0.1) is 24.8 Å². The number of amides is 2. The molecule has 360 valence electrons. The molecule has 0 spiro atoms. The van der Waals surface area contributed by atoms with Crippen LogP contribution in [-0.4, -0.2) is 84.4 Å². The lowest BCUT2D eigenvalue weighted by Gasteiger charge is -2.59. The maximum Gasteiger partial charge on any atom is 0.412 e. The van der Waals surface area contributed by atoms with Crippen LogP contribution in [0.2, 0.25) is 0 Å². The van der Waals surface area contributed by atoms with Crippen molar-refractivity contribution < 1.29 is 43.6 Å². The summed E-state index contributed by atoms with van der Waals surface area (Å²) in [4.78, 5) is 35.4. The van der Waals surface area contributed by atoms with Gasteiger partial charge >= 0.3 is 12.2 Å². The van der Waals surface area contributed by atoms with Gasteiger partial charge in [0.25, 0.3) is 0 Å². The van der Waals surface area contributed by atoms with Crippen molar-refractivity contribution in [2.24, 2.45) is 22.9 Å². The number of unbranched alkanes of at least 4 members (excludes halogenated alkanes) is 11. The molecule has 0 radical (unpaired) electrons. The molecule has 0 unspecified atom stereocenters. The summed E-state index contributed by atoms with van der Waals surface area (Å²) in [6.45, 7) is 11.9. The lowest BCUT2D eigenvalue weighted by Crippen LogP contribution is -2.70. The van der Waals surface area contributed by atoms with Crippen LogP contribution in [0, 0.1) is 17.8 Å². The summed E-state index contributed by atoms with van der Waals surface area (Å²) in [7, 11) is 0. The van der Waals surface area contributed by atoms with Crippen molar-refractivity contribution in [1.29, 1.82) is 0 Å². The number of carbonyl (C=O) groups is 2. The number of carbonyl (C=O) groups excluding carboxylic acids is 2. The third-order valence-corrected chi connectivity index (χ3v) is 13.2. The Labute approximate surface area is 389 Å². The van der Waals surface area contributed by atoms with E-state index >= 15 is 0 Å². The first-order valence-corrected chi connectivity index (χ1v) is 25.0. The molecule has 65 heavy (non-hydrogen) atoms. The van der Waals surface area contributed by atoms with Crippen LogP contribution in [0.15, 0.2) is 78.0 Å². The second kappa shape index (κ2) is 27.9. The van der Waals surface area contributed by atoms with Crippen LogP contribution in [0.1, 0.15) is 153 Å². The van der Waals surface area contributed by atoms with Gasteiger partial charge in [-0.1, -0.05) is 132 Å². The number of nitrogens with zero attached hydrogens (tertiary/aromatic N) is 2. The molecule has 0 saturated heterocycles. The fourth-order valence-electron chi connectivity index (χ4n) is 10.2. The van der Waals surface area contributed by atoms with E-state index in [1.54, 1.807) is 17.0 Å². The Morgan fingerprint density at radius 3 is 2.28 bits per heavy atom. The topological polar surface area (TPSA) is 148 Å². The number of oxime groups is 1. The van der Waals surface area contributed by atoms with Crippen LogP contribution in [-0.2, 0) is 20.9 Å². The largest absolute Gasteiger partial charge is 0.459 e. The number of rotatable bonds is 30. The van der Waals surface area contributed by atoms with Gasteiger partial charge < -0.3 is 39.3 Å². The van der Waals surface area contributed by atoms with Gasteiger partial charge in [0, 0.05) is 44.2 Å². The number of allylic oxidation sites excluding steroid dienone is 1. The summed E-state index contributed by atoms with van der Waals surface area (Å²) in [5.74, 6) is -1.11. The standard InChI is InChI=1S/C53H79N3O9/c1-5-9-10-11-12-13-14-15-16-24-35-61-52(60)56(31-6-2)48-38-46(55-63-39-40-25-18-17-19-26-40)44-36-41(27-20-22-32-57)43(28-21-23-33-58)49-45-37-42(64-51(59)54-8-4)29-30-47(45)65-53(48,50(44)49)62-34-7-3/h7,17-19,25-26,29-30,36-37,41,43,48-50,57-58H,3,5-6,8-16,20-24,27-28,31-35,38-39H2,1-2,4H3,(H,54,59)/t41-,43+,48-,49+,50+,53+/m0/s1. The van der Waals surface area contributed by atoms with Gasteiger partial charge in [-0.05, 0) is 86.6 Å². The van der Waals surface area contributed by atoms with Gasteiger partial charge in [-0.25, -0.2) is 9.59 Å². The summed E-state index contributed by atoms with van der Waals surface area (Å²) in [5, 5.41) is 27.6. The predicted octanol–water partition coefficient (Wildman–Crippen LogP) is 11.4. The summed E-state index contributed by atoms with van der Waals surface area (Å²) in [6, 6.07) is 14.7. The highest BCUT2D eigenvalue weighted by Gasteiger charge is 2.65. The van der Waals surface area contributed by atoms with Gasteiger partial charge in [0.15, 0.2) is 0 Å². The predicted molar refractivity (Wildman–Crippen MR) is 256 cm³/mol. The maximum absolute atomic E-state index is 14.6. The monoisotopic (exact) mass is 902 g/mol. The Morgan fingerprint density at radius 1 is 0.892 bits per heavy atom. The number of hydrogen-bond donors (Lipinski definition) is 3. The highest BCUT2D eigenvalue weighted by molar-refractivity contribution is 6.03. The number of aliphatic hydroxyl groups excluding tert-OH is 2. The minimum absolute atomic E-state index is 0.0243. The molecule has 0 bridgehead atoms. The molecule has 2 aliphatic carbocycles. The van der Waals surface area contributed by atoms with Crippen molar-refractivity contribution in [3.8, 4) is 11.5 Å². The molecule has 1 aliphatic heterocycles. The molecule has 1 saturated carbocycles. The summed E-state index contributed by atoms with van der Waals surface area (Å²) < 4.78 is 26.4. The van der Waals surface area contributed by atoms with Crippen LogP contribution < -0.4 is 14.8 Å². The van der Waals surface area contributed by atoms with Crippen LogP contribution in [0.5, 0.6) is 11.5 Å². The molecule has 2 aromatic rings. The Morgan fingerprint density at radius 2 is 1.60 bits per heavy atom. The number of aliphatic hydroxyl groups is 2. The third kappa shape index (κ3) is 14.3. The summed E-state index contributed by atoms with van der Waals surface area (Å²) >= 11 is 0. The first-order chi connectivity index (χ1) is 31.8. The van der Waals surface area contributed by atoms with Crippen molar-refractivity contribution in [2.45, 2.75) is 161 Å². The van der Waals surface area contributed by atoms with E-state index < -0.39 is 29.9 Å². The van der Waals surface area contributed by atoms with Crippen LogP contribution in [0.4, 0.5) is 9.59 Å². The SMILES string of the molecule is C=CCO[C@@]12Oc3ccc(OC(=O)NCC)cc3[C@H]3[C@H](CCCCO)[C@@H](CCCCO)C=C(C(=NOCc4ccccc4)C[C@@H]1N(CCC)C(=O)OCCCCCCCCCCCC)[C@H]32. The first-order valence-electron chi connectivity index (χ1n) is 25.0. The van der Waals surface area contributed by atoms with E-state index in [2.05, 4.69) is 31.8 Å². The minimum Gasteiger partial charge on any atom is -0.459 e. The summed E-state index contributed by atoms with van der Waals surface area (Å²) in [5.41, 5.74) is 3.50. The average molecular weight is 902 g/mol. The van der Waals surface area contributed by atoms with E-state index in [0.717, 1.165) is 61.6 Å². The first kappa shape index (κ1) is 51.6. The van der Waals surface area contributed by atoms with Crippen LogP contribution in [0.3, 0.4) is 0 Å². The molecule has 6 atom stereocenters. The highest BCUT2D eigenvalue weighted by atomic mass is 16.7. The lowest BCUT2D eigenvalue weighted by molar-refractivity contribution is -0.255. The fourth-order valence-corrected chi connectivity index (χ4v) is 10.2. The Hall–Kier alpha value is -4.39. The van der Waals surface area contributed by atoms with Crippen molar-refractivity contribution in [2.75, 3.05) is 39.5 Å². The van der Waals surface area contributed by atoms with E-state index in [1.165, 1.54) is 44.9 Å². The van der Waals surface area contributed by atoms with Crippen LogP contribution in [0.25, 0.3) is 0 Å². The zero-order chi connectivity index (χ0) is 46.3. The van der Waals surface area contributed by atoms with Gasteiger partial charge in [-0.2, -0.15) is 0 Å². The molecule has 2 aromatic carbocycles. The second-order valence-electron chi connectivity index (χ2n) is 17.9. The van der Waals surface area contributed by atoms with Crippen molar-refractivity contribution in [3.05, 3.63) is 84.0 Å². The number of benzene rings is 2. The molecule has 0 aromatic heterocycles. The minimum atomic E-state index is -1.41. The van der Waals surface area contributed by atoms with Gasteiger partial charge in [0.1, 0.15) is 24.1 Å². The molecule has 3 aliphatic rings. The van der Waals surface area contributed by atoms with Crippen LogP contribution >= 0.6 is 0 Å². The molecule has 12 heteroatoms. The molecule has 5 rings (SSSR count). The zero-order valence-electron chi connectivity index (χ0n) is 39.7. The van der Waals surface area contributed by atoms with E-state index in [9.17, 15) is 19.8 Å². The molecular formula is C53H79N3O9. The van der Waals surface area contributed by atoms with Gasteiger partial charge in [-0.3, -0.25) is 4.90 Å². The number of nitrogens with one attached hydrogen (secondary N) is 1. The van der Waals surface area contributed by atoms with Crippen molar-refractivity contribution >= 4 is 17.9 Å². The zero-order valence-corrected chi connectivity index (χ0v) is 39.7. The van der Waals surface area contributed by atoms with Crippen molar-refractivity contribution in [1.82, 2.24) is 10.2 Å². The number of fused-ring (bicyclic) bond motifs is 2. The van der Waals surface area contributed by atoms with E-state index in [1.807, 2.05) is 49.4 Å². The molecule has 2 amide bonds. The summed E-state index contributed by atoms with van der Waals surface area (Å²) in [6.07, 6.45) is 20.4. The molecule has 12 nitrogen and oxygen atoms in total. The molecule has 3 N–H and O–H groups in total. The van der Waals surface area contributed by atoms with E-state index in [0.29, 0.717) is 56.2 Å². The third-order valence-electron chi connectivity index (χ3n) is 13.2. The molecular weight excluding hydrogens is 823 g/mol. The normalized spacial score (nSPS) is 22.5. The smallest absolute Gasteiger partial charge is 0.412 e. The van der Waals surface area contributed by atoms with Gasteiger partial charge in [-0.15, -0.1) is 6.58 Å². The quantitative estimate of drug-likeness (QED) is 0.0396. The lowest BCUT2D eigenvalue weighted by atomic mass is 9.55. The Kier molecular flexibility index (Phi) is 22.2. The maximum atomic E-state index is 14.6.